The summed E-state index contributed by atoms with van der Waals surface area (Å²) >= 11 is 7.04. The molecule has 20 heavy (non-hydrogen) atoms. The molecule has 2 rings (SSSR count). The van der Waals surface area contributed by atoms with Gasteiger partial charge in [-0.25, -0.2) is 0 Å². The Kier molecular flexibility index (Phi) is 5.57. The van der Waals surface area contributed by atoms with Gasteiger partial charge < -0.3 is 10.1 Å². The Morgan fingerprint density at radius 1 is 1.20 bits per heavy atom. The standard InChI is InChI=1S/C15H16Br2N2O/c1-10(12-3-5-18-6-4-12)19-9-11-7-13(16)15(20-2)14(17)8-11/h3-8,10,19H,9H2,1-2H3/t10-/m1/s1. The fraction of sp³-hybridized carbons (Fsp3) is 0.267. The minimum absolute atomic E-state index is 0.276. The van der Waals surface area contributed by atoms with Gasteiger partial charge in [-0.05, 0) is 74.2 Å². The molecule has 5 heteroatoms. The van der Waals surface area contributed by atoms with Crippen LogP contribution in [0.3, 0.4) is 0 Å². The number of halogens is 2. The van der Waals surface area contributed by atoms with Gasteiger partial charge in [-0.3, -0.25) is 4.98 Å². The average Bonchev–Trinajstić information content (AvgIpc) is 2.45. The molecule has 0 radical (unpaired) electrons. The first-order valence-electron chi connectivity index (χ1n) is 6.27. The molecule has 1 atom stereocenters. The van der Waals surface area contributed by atoms with E-state index in [9.17, 15) is 0 Å². The summed E-state index contributed by atoms with van der Waals surface area (Å²) in [4.78, 5) is 4.03. The van der Waals surface area contributed by atoms with E-state index in [4.69, 9.17) is 4.74 Å². The summed E-state index contributed by atoms with van der Waals surface area (Å²) in [5, 5.41) is 3.50. The molecule has 0 fully saturated rings. The van der Waals surface area contributed by atoms with Crippen LogP contribution in [0.1, 0.15) is 24.1 Å². The molecule has 0 aliphatic rings. The fourth-order valence-electron chi connectivity index (χ4n) is 1.95. The molecule has 0 saturated heterocycles. The number of benzene rings is 1. The second kappa shape index (κ2) is 7.20. The van der Waals surface area contributed by atoms with Gasteiger partial charge in [0.25, 0.3) is 0 Å². The third-order valence-corrected chi connectivity index (χ3v) is 4.26. The Hall–Kier alpha value is -0.910. The minimum Gasteiger partial charge on any atom is -0.494 e. The highest BCUT2D eigenvalue weighted by atomic mass is 79.9. The van der Waals surface area contributed by atoms with Gasteiger partial charge in [-0.15, -0.1) is 0 Å². The third-order valence-electron chi connectivity index (χ3n) is 3.08. The molecule has 0 bridgehead atoms. The highest BCUT2D eigenvalue weighted by molar-refractivity contribution is 9.11. The van der Waals surface area contributed by atoms with E-state index in [-0.39, 0.29) is 6.04 Å². The molecule has 0 aliphatic carbocycles. The molecule has 1 aromatic carbocycles. The Morgan fingerprint density at radius 2 is 1.80 bits per heavy atom. The van der Waals surface area contributed by atoms with E-state index in [1.54, 1.807) is 7.11 Å². The predicted octanol–water partition coefficient (Wildman–Crippen LogP) is 4.47. The highest BCUT2D eigenvalue weighted by Crippen LogP contribution is 2.34. The maximum absolute atomic E-state index is 5.30. The van der Waals surface area contributed by atoms with Crippen LogP contribution in [-0.4, -0.2) is 12.1 Å². The zero-order valence-corrected chi connectivity index (χ0v) is 14.5. The normalized spacial score (nSPS) is 12.2. The highest BCUT2D eigenvalue weighted by Gasteiger charge is 2.09. The lowest BCUT2D eigenvalue weighted by Gasteiger charge is -2.15. The lowest BCUT2D eigenvalue weighted by molar-refractivity contribution is 0.409. The number of nitrogens with zero attached hydrogens (tertiary/aromatic N) is 1. The van der Waals surface area contributed by atoms with E-state index in [0.717, 1.165) is 21.2 Å². The Balaban J connectivity index is 2.04. The van der Waals surface area contributed by atoms with Gasteiger partial charge in [-0.2, -0.15) is 0 Å². The van der Waals surface area contributed by atoms with E-state index in [1.165, 1.54) is 11.1 Å². The summed E-state index contributed by atoms with van der Waals surface area (Å²) in [7, 11) is 1.66. The fourth-order valence-corrected chi connectivity index (χ4v) is 3.56. The number of ether oxygens (including phenoxy) is 1. The van der Waals surface area contributed by atoms with Crippen molar-refractivity contribution in [2.75, 3.05) is 7.11 Å². The molecular weight excluding hydrogens is 384 g/mol. The number of aromatic nitrogens is 1. The molecule has 106 valence electrons. The van der Waals surface area contributed by atoms with Gasteiger partial charge in [0, 0.05) is 25.0 Å². The monoisotopic (exact) mass is 398 g/mol. The van der Waals surface area contributed by atoms with Crippen molar-refractivity contribution in [3.63, 3.8) is 0 Å². The lowest BCUT2D eigenvalue weighted by atomic mass is 10.1. The molecule has 0 spiro atoms. The molecule has 0 amide bonds. The summed E-state index contributed by atoms with van der Waals surface area (Å²) in [5.41, 5.74) is 2.41. The first-order valence-corrected chi connectivity index (χ1v) is 7.85. The zero-order valence-electron chi connectivity index (χ0n) is 11.4. The van der Waals surface area contributed by atoms with Crippen LogP contribution in [0, 0.1) is 0 Å². The molecule has 1 heterocycles. The zero-order chi connectivity index (χ0) is 14.5. The van der Waals surface area contributed by atoms with Crippen molar-refractivity contribution in [3.05, 3.63) is 56.7 Å². The largest absolute Gasteiger partial charge is 0.494 e. The number of methoxy groups -OCH3 is 1. The first-order chi connectivity index (χ1) is 9.61. The number of hydrogen-bond donors (Lipinski definition) is 1. The molecule has 1 aromatic heterocycles. The van der Waals surface area contributed by atoms with Gasteiger partial charge in [0.2, 0.25) is 0 Å². The van der Waals surface area contributed by atoms with E-state index in [0.29, 0.717) is 0 Å². The van der Waals surface area contributed by atoms with Crippen LogP contribution in [0.25, 0.3) is 0 Å². The Labute approximate surface area is 136 Å². The summed E-state index contributed by atoms with van der Waals surface area (Å²) in [5.74, 6) is 0.816. The predicted molar refractivity (Wildman–Crippen MR) is 87.9 cm³/mol. The van der Waals surface area contributed by atoms with Crippen LogP contribution < -0.4 is 10.1 Å². The molecule has 2 aromatic rings. The summed E-state index contributed by atoms with van der Waals surface area (Å²) < 4.78 is 7.20. The van der Waals surface area contributed by atoms with Crippen molar-refractivity contribution >= 4 is 31.9 Å². The van der Waals surface area contributed by atoms with Gasteiger partial charge in [0.15, 0.2) is 0 Å². The van der Waals surface area contributed by atoms with Crippen molar-refractivity contribution in [3.8, 4) is 5.75 Å². The minimum atomic E-state index is 0.276. The molecular formula is C15H16Br2N2O. The summed E-state index contributed by atoms with van der Waals surface area (Å²) in [6.07, 6.45) is 3.63. The van der Waals surface area contributed by atoms with Crippen LogP contribution in [0.2, 0.25) is 0 Å². The van der Waals surface area contributed by atoms with E-state index >= 15 is 0 Å². The van der Waals surface area contributed by atoms with Gasteiger partial charge in [0.1, 0.15) is 5.75 Å². The van der Waals surface area contributed by atoms with E-state index in [1.807, 2.05) is 24.5 Å². The Morgan fingerprint density at radius 3 is 2.35 bits per heavy atom. The molecule has 0 aliphatic heterocycles. The second-order valence-electron chi connectivity index (χ2n) is 4.48. The molecule has 3 nitrogen and oxygen atoms in total. The van der Waals surface area contributed by atoms with Gasteiger partial charge in [-0.1, -0.05) is 0 Å². The maximum atomic E-state index is 5.30. The van der Waals surface area contributed by atoms with E-state index < -0.39 is 0 Å². The SMILES string of the molecule is COc1c(Br)cc(CN[C@H](C)c2ccncc2)cc1Br. The summed E-state index contributed by atoms with van der Waals surface area (Å²) in [6, 6.07) is 8.46. The van der Waals surface area contributed by atoms with Crippen molar-refractivity contribution in [2.24, 2.45) is 0 Å². The number of pyridine rings is 1. The van der Waals surface area contributed by atoms with Crippen molar-refractivity contribution < 1.29 is 4.74 Å². The van der Waals surface area contributed by atoms with Crippen LogP contribution in [0.5, 0.6) is 5.75 Å². The van der Waals surface area contributed by atoms with Gasteiger partial charge in [0.05, 0.1) is 16.1 Å². The van der Waals surface area contributed by atoms with Crippen molar-refractivity contribution in [2.45, 2.75) is 19.5 Å². The van der Waals surface area contributed by atoms with Gasteiger partial charge >= 0.3 is 0 Å². The molecule has 0 unspecified atom stereocenters. The van der Waals surface area contributed by atoms with Crippen LogP contribution >= 0.6 is 31.9 Å². The van der Waals surface area contributed by atoms with E-state index in [2.05, 4.69) is 61.2 Å². The molecule has 0 saturated carbocycles. The lowest BCUT2D eigenvalue weighted by Crippen LogP contribution is -2.18. The van der Waals surface area contributed by atoms with Crippen molar-refractivity contribution in [1.29, 1.82) is 0 Å². The third kappa shape index (κ3) is 3.81. The molecule has 1 N–H and O–H groups in total. The average molecular weight is 400 g/mol. The Bertz CT molecular complexity index is 552. The first kappa shape index (κ1) is 15.5. The smallest absolute Gasteiger partial charge is 0.147 e. The van der Waals surface area contributed by atoms with Crippen LogP contribution in [-0.2, 0) is 6.54 Å². The van der Waals surface area contributed by atoms with Crippen LogP contribution in [0.15, 0.2) is 45.6 Å². The van der Waals surface area contributed by atoms with Crippen molar-refractivity contribution in [1.82, 2.24) is 10.3 Å². The number of nitrogens with one attached hydrogen (secondary N) is 1. The topological polar surface area (TPSA) is 34.1 Å². The quantitative estimate of drug-likeness (QED) is 0.805. The maximum Gasteiger partial charge on any atom is 0.147 e. The summed E-state index contributed by atoms with van der Waals surface area (Å²) in [6.45, 7) is 2.92. The number of rotatable bonds is 5. The number of hydrogen-bond acceptors (Lipinski definition) is 3. The van der Waals surface area contributed by atoms with Crippen LogP contribution in [0.4, 0.5) is 0 Å². The second-order valence-corrected chi connectivity index (χ2v) is 6.18.